The predicted octanol–water partition coefficient (Wildman–Crippen LogP) is 3.51. The molecule has 1 atom stereocenters. The number of carbonyl (C=O) groups is 1. The number of nitrogens with zero attached hydrogens (tertiary/aromatic N) is 3. The minimum Gasteiger partial charge on any atom is -0.493 e. The molecule has 1 aromatic heterocycles. The second-order valence-electron chi connectivity index (χ2n) is 9.20. The van der Waals surface area contributed by atoms with Crippen LogP contribution < -0.4 is 33.8 Å². The number of methoxy groups -OCH3 is 2. The van der Waals surface area contributed by atoms with Gasteiger partial charge in [-0.15, -0.1) is 0 Å². The highest BCUT2D eigenvalue weighted by Crippen LogP contribution is 2.37. The topological polar surface area (TPSA) is 121 Å². The van der Waals surface area contributed by atoms with Gasteiger partial charge in [-0.2, -0.15) is 5.26 Å². The fourth-order valence-electron chi connectivity index (χ4n) is 4.52. The fourth-order valence-corrected chi connectivity index (χ4v) is 5.56. The van der Waals surface area contributed by atoms with Gasteiger partial charge in [-0.05, 0) is 57.5 Å². The van der Waals surface area contributed by atoms with Gasteiger partial charge in [0.1, 0.15) is 6.07 Å². The third-order valence-electron chi connectivity index (χ3n) is 6.18. The molecule has 10 nitrogen and oxygen atoms in total. The molecule has 4 rings (SSSR count). The number of hydrogen-bond donors (Lipinski definition) is 0. The molecule has 0 aliphatic carbocycles. The Morgan fingerprint density at radius 1 is 1.17 bits per heavy atom. The van der Waals surface area contributed by atoms with Gasteiger partial charge in [0.05, 0.1) is 48.8 Å². The zero-order valence-corrected chi connectivity index (χ0v) is 24.5. The van der Waals surface area contributed by atoms with Crippen molar-refractivity contribution < 1.29 is 28.5 Å². The first-order valence-corrected chi connectivity index (χ1v) is 13.8. The summed E-state index contributed by atoms with van der Waals surface area (Å²) in [5.74, 6) is 1.21. The Kier molecular flexibility index (Phi) is 9.14. The zero-order chi connectivity index (χ0) is 29.7. The van der Waals surface area contributed by atoms with Gasteiger partial charge in [0, 0.05) is 5.56 Å². The number of esters is 1. The summed E-state index contributed by atoms with van der Waals surface area (Å²) < 4.78 is 29.7. The van der Waals surface area contributed by atoms with Gasteiger partial charge in [-0.3, -0.25) is 9.36 Å². The van der Waals surface area contributed by atoms with Crippen molar-refractivity contribution in [3.8, 4) is 29.1 Å². The lowest BCUT2D eigenvalue weighted by molar-refractivity contribution is -0.139. The second kappa shape index (κ2) is 12.7. The van der Waals surface area contributed by atoms with Gasteiger partial charge in [0.2, 0.25) is 0 Å². The molecular formula is C30H31N3O7S. The molecule has 214 valence electrons. The first-order valence-electron chi connectivity index (χ1n) is 12.9. The lowest BCUT2D eigenvalue weighted by Gasteiger charge is -2.25. The summed E-state index contributed by atoms with van der Waals surface area (Å²) in [6, 6.07) is 11.7. The molecule has 1 aliphatic rings. The van der Waals surface area contributed by atoms with E-state index in [1.807, 2.05) is 19.9 Å². The van der Waals surface area contributed by atoms with Gasteiger partial charge >= 0.3 is 5.97 Å². The fraction of sp³-hybridized carbons (Fsp3) is 0.333. The maximum absolute atomic E-state index is 14.0. The van der Waals surface area contributed by atoms with Crippen LogP contribution in [-0.2, 0) is 9.53 Å². The van der Waals surface area contributed by atoms with Crippen molar-refractivity contribution in [1.29, 1.82) is 5.26 Å². The van der Waals surface area contributed by atoms with Crippen molar-refractivity contribution in [3.63, 3.8) is 0 Å². The average molecular weight is 578 g/mol. The standard InChI is InChI=1S/C30H31N3O7S/c1-7-38-29(35)25-18(4)32-30-33(26(25)19-11-12-21(40-17(2)3)23(15-19)37-6)28(34)24(41-30)16-20-9-8-10-22(36-5)27(20)39-14-13-31/h8-12,15-17,26H,7,14H2,1-6H3/b24-16+/t26-/m1/s1. The molecule has 41 heavy (non-hydrogen) atoms. The summed E-state index contributed by atoms with van der Waals surface area (Å²) in [5, 5.41) is 9.04. The van der Waals surface area contributed by atoms with Gasteiger partial charge < -0.3 is 23.7 Å². The average Bonchev–Trinajstić information content (AvgIpc) is 3.25. The summed E-state index contributed by atoms with van der Waals surface area (Å²) in [7, 11) is 3.03. The Balaban J connectivity index is 1.96. The van der Waals surface area contributed by atoms with Crippen LogP contribution in [0.3, 0.4) is 0 Å². The Hall–Kier alpha value is -4.56. The Bertz CT molecular complexity index is 1710. The van der Waals surface area contributed by atoms with Crippen LogP contribution in [0.4, 0.5) is 0 Å². The summed E-state index contributed by atoms with van der Waals surface area (Å²) in [6.45, 7) is 7.24. The maximum Gasteiger partial charge on any atom is 0.338 e. The summed E-state index contributed by atoms with van der Waals surface area (Å²) in [6.07, 6.45) is 1.59. The van der Waals surface area contributed by atoms with Crippen molar-refractivity contribution in [2.75, 3.05) is 27.4 Å². The van der Waals surface area contributed by atoms with E-state index in [1.165, 1.54) is 30.1 Å². The van der Waals surface area contributed by atoms with E-state index in [-0.39, 0.29) is 30.5 Å². The van der Waals surface area contributed by atoms with Crippen LogP contribution in [0.2, 0.25) is 0 Å². The van der Waals surface area contributed by atoms with E-state index in [1.54, 1.807) is 56.3 Å². The minimum absolute atomic E-state index is 0.0803. The Morgan fingerprint density at radius 2 is 1.93 bits per heavy atom. The number of carbonyl (C=O) groups excluding carboxylic acids is 1. The number of para-hydroxylation sites is 1. The first-order chi connectivity index (χ1) is 19.7. The summed E-state index contributed by atoms with van der Waals surface area (Å²) in [5.41, 5.74) is 1.53. The SMILES string of the molecule is CCOC(=O)C1=C(C)N=c2s/c(=C/c3cccc(OC)c3OCC#N)c(=O)n2[C@@H]1c1ccc(OC(C)C)c(OC)c1. The molecule has 0 spiro atoms. The third-order valence-corrected chi connectivity index (χ3v) is 7.16. The molecule has 0 radical (unpaired) electrons. The van der Waals surface area contributed by atoms with E-state index >= 15 is 0 Å². The highest BCUT2D eigenvalue weighted by atomic mass is 32.1. The van der Waals surface area contributed by atoms with Crippen molar-refractivity contribution in [2.45, 2.75) is 39.8 Å². The van der Waals surface area contributed by atoms with Crippen LogP contribution in [0.25, 0.3) is 6.08 Å². The predicted molar refractivity (Wildman–Crippen MR) is 153 cm³/mol. The molecule has 0 fully saturated rings. The number of nitriles is 1. The van der Waals surface area contributed by atoms with E-state index in [0.29, 0.717) is 49.2 Å². The van der Waals surface area contributed by atoms with Crippen molar-refractivity contribution in [2.24, 2.45) is 4.99 Å². The number of fused-ring (bicyclic) bond motifs is 1. The quantitative estimate of drug-likeness (QED) is 0.336. The lowest BCUT2D eigenvalue weighted by atomic mass is 9.95. The Labute approximate surface area is 241 Å². The molecule has 0 unspecified atom stereocenters. The smallest absolute Gasteiger partial charge is 0.338 e. The van der Waals surface area contributed by atoms with E-state index < -0.39 is 12.0 Å². The van der Waals surface area contributed by atoms with Gasteiger partial charge in [0.15, 0.2) is 34.4 Å². The molecule has 0 bridgehead atoms. The number of benzene rings is 2. The molecular weight excluding hydrogens is 546 g/mol. The second-order valence-corrected chi connectivity index (χ2v) is 10.2. The minimum atomic E-state index is -0.825. The maximum atomic E-state index is 14.0. The molecule has 2 heterocycles. The van der Waals surface area contributed by atoms with Crippen LogP contribution in [0.1, 0.15) is 44.9 Å². The summed E-state index contributed by atoms with van der Waals surface area (Å²) in [4.78, 5) is 32.3. The number of thiazole rings is 1. The molecule has 0 amide bonds. The number of rotatable bonds is 10. The summed E-state index contributed by atoms with van der Waals surface area (Å²) >= 11 is 1.18. The first kappa shape index (κ1) is 29.4. The van der Waals surface area contributed by atoms with Crippen LogP contribution in [0.5, 0.6) is 23.0 Å². The van der Waals surface area contributed by atoms with Crippen molar-refractivity contribution >= 4 is 23.4 Å². The van der Waals surface area contributed by atoms with Crippen LogP contribution >= 0.6 is 11.3 Å². The highest BCUT2D eigenvalue weighted by Gasteiger charge is 2.34. The van der Waals surface area contributed by atoms with Crippen LogP contribution in [-0.4, -0.2) is 44.1 Å². The largest absolute Gasteiger partial charge is 0.493 e. The highest BCUT2D eigenvalue weighted by molar-refractivity contribution is 7.07. The molecule has 3 aromatic rings. The number of hydrogen-bond acceptors (Lipinski definition) is 10. The molecule has 0 saturated carbocycles. The van der Waals surface area contributed by atoms with Crippen molar-refractivity contribution in [3.05, 3.63) is 78.5 Å². The van der Waals surface area contributed by atoms with Crippen LogP contribution in [0.15, 0.2) is 57.5 Å². The van der Waals surface area contributed by atoms with Gasteiger partial charge in [0.25, 0.3) is 5.56 Å². The number of aromatic nitrogens is 1. The molecule has 1 aliphatic heterocycles. The van der Waals surface area contributed by atoms with Crippen molar-refractivity contribution in [1.82, 2.24) is 4.57 Å². The lowest BCUT2D eigenvalue weighted by Crippen LogP contribution is -2.40. The number of ether oxygens (including phenoxy) is 5. The van der Waals surface area contributed by atoms with E-state index in [9.17, 15) is 9.59 Å². The van der Waals surface area contributed by atoms with Gasteiger partial charge in [-0.1, -0.05) is 29.5 Å². The Morgan fingerprint density at radius 3 is 2.59 bits per heavy atom. The third kappa shape index (κ3) is 5.98. The van der Waals surface area contributed by atoms with Crippen LogP contribution in [0, 0.1) is 11.3 Å². The molecule has 11 heteroatoms. The molecule has 0 N–H and O–H groups in total. The molecule has 2 aromatic carbocycles. The normalized spacial score (nSPS) is 14.7. The van der Waals surface area contributed by atoms with E-state index in [0.717, 1.165) is 0 Å². The van der Waals surface area contributed by atoms with E-state index in [2.05, 4.69) is 4.99 Å². The molecule has 0 saturated heterocycles. The van der Waals surface area contributed by atoms with E-state index in [4.69, 9.17) is 28.9 Å². The monoisotopic (exact) mass is 577 g/mol. The number of allylic oxidation sites excluding steroid dienone is 1. The van der Waals surface area contributed by atoms with Gasteiger partial charge in [-0.25, -0.2) is 9.79 Å². The zero-order valence-electron chi connectivity index (χ0n) is 23.7.